The number of aryl methyl sites for hydroxylation is 1. The molecule has 2 atom stereocenters. The van der Waals surface area contributed by atoms with Crippen LogP contribution in [-0.4, -0.2) is 37.2 Å². The first kappa shape index (κ1) is 20.8. The highest BCUT2D eigenvalue weighted by Crippen LogP contribution is 2.26. The largest absolute Gasteiger partial charge is 0.423 e. The third-order valence-corrected chi connectivity index (χ3v) is 5.97. The van der Waals surface area contributed by atoms with Crippen LogP contribution in [0, 0.1) is 0 Å². The summed E-state index contributed by atoms with van der Waals surface area (Å²) >= 11 is 0. The lowest BCUT2D eigenvalue weighted by molar-refractivity contribution is 0.00855. The van der Waals surface area contributed by atoms with Gasteiger partial charge in [-0.1, -0.05) is 49.4 Å². The molecule has 5 nitrogen and oxygen atoms in total. The Labute approximate surface area is 177 Å². The fourth-order valence-corrected chi connectivity index (χ4v) is 4.34. The second-order valence-electron chi connectivity index (χ2n) is 7.95. The molecule has 0 unspecified atom stereocenters. The first-order valence-electron chi connectivity index (χ1n) is 10.8. The fraction of sp³-hybridized carbons (Fsp3) is 0.400. The lowest BCUT2D eigenvalue weighted by Gasteiger charge is -2.38. The smallest absolute Gasteiger partial charge is 0.336 e. The van der Waals surface area contributed by atoms with E-state index in [1.807, 2.05) is 6.07 Å². The van der Waals surface area contributed by atoms with Crippen LogP contribution in [0.5, 0.6) is 0 Å². The summed E-state index contributed by atoms with van der Waals surface area (Å²) in [7, 11) is 0. The van der Waals surface area contributed by atoms with Crippen molar-refractivity contribution < 1.29 is 9.15 Å². The van der Waals surface area contributed by atoms with Crippen molar-refractivity contribution in [2.75, 3.05) is 26.3 Å². The van der Waals surface area contributed by atoms with E-state index in [1.54, 1.807) is 6.07 Å². The summed E-state index contributed by atoms with van der Waals surface area (Å²) in [5.74, 6) is 0. The van der Waals surface area contributed by atoms with Crippen LogP contribution in [-0.2, 0) is 17.7 Å². The monoisotopic (exact) mass is 406 g/mol. The van der Waals surface area contributed by atoms with Crippen molar-refractivity contribution in [3.8, 4) is 0 Å². The Hall–Kier alpha value is -2.47. The zero-order valence-electron chi connectivity index (χ0n) is 17.8. The van der Waals surface area contributed by atoms with E-state index in [0.29, 0.717) is 12.1 Å². The maximum atomic E-state index is 12.1. The summed E-state index contributed by atoms with van der Waals surface area (Å²) in [6, 6.07) is 18.8. The van der Waals surface area contributed by atoms with Crippen LogP contribution in [0.25, 0.3) is 11.0 Å². The van der Waals surface area contributed by atoms with E-state index >= 15 is 0 Å². The molecule has 1 aromatic heterocycles. The molecule has 3 aromatic rings. The number of hydrogen-bond donors (Lipinski definition) is 1. The average molecular weight is 407 g/mol. The minimum Gasteiger partial charge on any atom is -0.423 e. The van der Waals surface area contributed by atoms with Gasteiger partial charge in [-0.2, -0.15) is 0 Å². The van der Waals surface area contributed by atoms with Crippen LogP contribution in [0.3, 0.4) is 0 Å². The molecular formula is C25H30N2O3. The van der Waals surface area contributed by atoms with Crippen molar-refractivity contribution in [3.63, 3.8) is 0 Å². The quantitative estimate of drug-likeness (QED) is 0.603. The van der Waals surface area contributed by atoms with Gasteiger partial charge in [-0.3, -0.25) is 4.90 Å². The highest BCUT2D eigenvalue weighted by Gasteiger charge is 2.27. The number of fused-ring (bicyclic) bond motifs is 1. The molecule has 0 aliphatic carbocycles. The van der Waals surface area contributed by atoms with Crippen LogP contribution in [0.1, 0.15) is 36.6 Å². The minimum absolute atomic E-state index is 0.197. The Morgan fingerprint density at radius 1 is 1.07 bits per heavy atom. The van der Waals surface area contributed by atoms with E-state index in [1.165, 1.54) is 11.1 Å². The standard InChI is InChI=1S/C25H30N2O3/c1-3-19-9-10-22-21(16-24(28)30-23(22)15-19)17-26-18(2)25(20-7-5-4-6-8-20)27-11-13-29-14-12-27/h4-10,15-16,18,25-26H,3,11-14,17H2,1-2H3/t18-,25-/m1/s1. The Balaban J connectivity index is 1.57. The molecule has 5 heteroatoms. The van der Waals surface area contributed by atoms with Crippen molar-refractivity contribution in [2.24, 2.45) is 0 Å². The lowest BCUT2D eigenvalue weighted by atomic mass is 9.97. The van der Waals surface area contributed by atoms with Gasteiger partial charge in [0.15, 0.2) is 0 Å². The van der Waals surface area contributed by atoms with Crippen molar-refractivity contribution in [3.05, 3.63) is 81.7 Å². The van der Waals surface area contributed by atoms with Crippen molar-refractivity contribution in [2.45, 2.75) is 38.9 Å². The predicted molar refractivity (Wildman–Crippen MR) is 120 cm³/mol. The number of morpholine rings is 1. The summed E-state index contributed by atoms with van der Waals surface area (Å²) in [5.41, 5.74) is 3.81. The third-order valence-electron chi connectivity index (χ3n) is 5.97. The summed E-state index contributed by atoms with van der Waals surface area (Å²) in [6.45, 7) is 8.30. The van der Waals surface area contributed by atoms with E-state index < -0.39 is 0 Å². The average Bonchev–Trinajstić information content (AvgIpc) is 2.78. The molecule has 0 spiro atoms. The highest BCUT2D eigenvalue weighted by atomic mass is 16.5. The topological polar surface area (TPSA) is 54.7 Å². The number of rotatable bonds is 7. The molecule has 0 amide bonds. The Morgan fingerprint density at radius 3 is 2.57 bits per heavy atom. The van der Waals surface area contributed by atoms with Gasteiger partial charge in [0, 0.05) is 37.1 Å². The molecule has 158 valence electrons. The molecule has 30 heavy (non-hydrogen) atoms. The lowest BCUT2D eigenvalue weighted by Crippen LogP contribution is -2.46. The minimum atomic E-state index is -0.298. The van der Waals surface area contributed by atoms with E-state index in [0.717, 1.165) is 43.7 Å². The number of benzene rings is 2. The molecule has 2 aromatic carbocycles. The summed E-state index contributed by atoms with van der Waals surface area (Å²) in [4.78, 5) is 14.6. The van der Waals surface area contributed by atoms with Gasteiger partial charge in [-0.15, -0.1) is 0 Å². The molecule has 0 bridgehead atoms. The fourth-order valence-electron chi connectivity index (χ4n) is 4.34. The van der Waals surface area contributed by atoms with Gasteiger partial charge in [-0.25, -0.2) is 4.79 Å². The van der Waals surface area contributed by atoms with Gasteiger partial charge in [0.1, 0.15) is 5.58 Å². The maximum absolute atomic E-state index is 12.1. The van der Waals surface area contributed by atoms with Crippen LogP contribution in [0.15, 0.2) is 63.8 Å². The van der Waals surface area contributed by atoms with Crippen LogP contribution >= 0.6 is 0 Å². The van der Waals surface area contributed by atoms with Gasteiger partial charge >= 0.3 is 5.63 Å². The van der Waals surface area contributed by atoms with Gasteiger partial charge in [0.2, 0.25) is 0 Å². The zero-order valence-corrected chi connectivity index (χ0v) is 17.8. The Morgan fingerprint density at radius 2 is 1.83 bits per heavy atom. The van der Waals surface area contributed by atoms with Gasteiger partial charge in [-0.05, 0) is 36.1 Å². The maximum Gasteiger partial charge on any atom is 0.336 e. The van der Waals surface area contributed by atoms with E-state index in [-0.39, 0.29) is 17.7 Å². The van der Waals surface area contributed by atoms with Crippen LogP contribution < -0.4 is 10.9 Å². The first-order valence-corrected chi connectivity index (χ1v) is 10.8. The second kappa shape index (κ2) is 9.56. The highest BCUT2D eigenvalue weighted by molar-refractivity contribution is 5.80. The van der Waals surface area contributed by atoms with Crippen LogP contribution in [0.2, 0.25) is 0 Å². The summed E-state index contributed by atoms with van der Waals surface area (Å²) in [5, 5.41) is 4.67. The molecular weight excluding hydrogens is 376 g/mol. The van der Waals surface area contributed by atoms with Gasteiger partial charge in [0.05, 0.1) is 19.3 Å². The molecule has 1 fully saturated rings. The van der Waals surface area contributed by atoms with Crippen LogP contribution in [0.4, 0.5) is 0 Å². The van der Waals surface area contributed by atoms with Crippen molar-refractivity contribution in [1.29, 1.82) is 0 Å². The molecule has 0 saturated carbocycles. The third kappa shape index (κ3) is 4.64. The zero-order chi connectivity index (χ0) is 20.9. The van der Waals surface area contributed by atoms with Crippen molar-refractivity contribution >= 4 is 11.0 Å². The number of hydrogen-bond acceptors (Lipinski definition) is 5. The molecule has 1 aliphatic rings. The number of nitrogens with zero attached hydrogens (tertiary/aromatic N) is 1. The SMILES string of the molecule is CCc1ccc2c(CN[C@H](C)[C@H](c3ccccc3)N3CCOCC3)cc(=O)oc2c1. The molecule has 1 N–H and O–H groups in total. The normalized spacial score (nSPS) is 17.1. The summed E-state index contributed by atoms with van der Waals surface area (Å²) < 4.78 is 11.0. The second-order valence-corrected chi connectivity index (χ2v) is 7.95. The molecule has 4 rings (SSSR count). The Kier molecular flexibility index (Phi) is 6.62. The Bertz CT molecular complexity index is 1030. The van der Waals surface area contributed by atoms with Crippen molar-refractivity contribution in [1.82, 2.24) is 10.2 Å². The molecule has 2 heterocycles. The number of ether oxygens (including phenoxy) is 1. The first-order chi connectivity index (χ1) is 14.7. The number of nitrogens with one attached hydrogen (secondary N) is 1. The van der Waals surface area contributed by atoms with Gasteiger partial charge in [0.25, 0.3) is 0 Å². The van der Waals surface area contributed by atoms with E-state index in [4.69, 9.17) is 9.15 Å². The van der Waals surface area contributed by atoms with E-state index in [2.05, 4.69) is 66.5 Å². The molecule has 0 radical (unpaired) electrons. The molecule has 1 aliphatic heterocycles. The molecule has 1 saturated heterocycles. The van der Waals surface area contributed by atoms with Gasteiger partial charge < -0.3 is 14.5 Å². The predicted octanol–water partition coefficient (Wildman–Crippen LogP) is 3.91. The summed E-state index contributed by atoms with van der Waals surface area (Å²) in [6.07, 6.45) is 0.914. The van der Waals surface area contributed by atoms with E-state index in [9.17, 15) is 4.79 Å².